The second kappa shape index (κ2) is 12.2. The predicted octanol–water partition coefficient (Wildman–Crippen LogP) is 6.43. The molecule has 3 heterocycles. The number of carboxylic acid groups (broad SMARTS) is 1. The van der Waals surface area contributed by atoms with Gasteiger partial charge in [-0.2, -0.15) is 5.26 Å². The molecule has 0 radical (unpaired) electrons. The number of hydrogen-bond acceptors (Lipinski definition) is 6. The number of aromatic nitrogens is 3. The van der Waals surface area contributed by atoms with Crippen molar-refractivity contribution in [3.05, 3.63) is 112 Å². The molecule has 0 amide bonds. The molecule has 0 saturated carbocycles. The Labute approximate surface area is 249 Å². The summed E-state index contributed by atoms with van der Waals surface area (Å²) >= 11 is 0. The van der Waals surface area contributed by atoms with Crippen LogP contribution in [0.3, 0.4) is 0 Å². The van der Waals surface area contributed by atoms with Crippen molar-refractivity contribution in [2.45, 2.75) is 38.5 Å². The Kier molecular flexibility index (Phi) is 8.00. The Morgan fingerprint density at radius 3 is 2.64 bits per heavy atom. The lowest BCUT2D eigenvalue weighted by Crippen LogP contribution is -2.17. The molecule has 1 unspecified atom stereocenters. The summed E-state index contributed by atoms with van der Waals surface area (Å²) in [5.41, 5.74) is 1.72. The molecule has 1 fully saturated rings. The molecule has 6 rings (SSSR count). The highest BCUT2D eigenvalue weighted by Crippen LogP contribution is 2.29. The van der Waals surface area contributed by atoms with Crippen molar-refractivity contribution in [2.75, 3.05) is 6.61 Å². The van der Waals surface area contributed by atoms with Crippen molar-refractivity contribution in [3.8, 4) is 23.2 Å². The summed E-state index contributed by atoms with van der Waals surface area (Å²) in [6.07, 6.45) is 1.59. The van der Waals surface area contributed by atoms with E-state index in [4.69, 9.17) is 14.7 Å². The molecular formula is C33H25F3N4O4. The summed E-state index contributed by atoms with van der Waals surface area (Å²) in [6.45, 7) is 0.853. The van der Waals surface area contributed by atoms with E-state index in [0.717, 1.165) is 18.9 Å². The van der Waals surface area contributed by atoms with E-state index in [1.54, 1.807) is 12.1 Å². The molecule has 8 nitrogen and oxygen atoms in total. The minimum absolute atomic E-state index is 0.0421. The summed E-state index contributed by atoms with van der Waals surface area (Å²) in [6, 6.07) is 17.9. The molecule has 1 atom stereocenters. The van der Waals surface area contributed by atoms with E-state index in [2.05, 4.69) is 9.97 Å². The van der Waals surface area contributed by atoms with E-state index >= 15 is 8.78 Å². The lowest BCUT2D eigenvalue weighted by Gasteiger charge is -2.15. The monoisotopic (exact) mass is 598 g/mol. The normalized spacial score (nSPS) is 14.5. The molecule has 44 heavy (non-hydrogen) atoms. The van der Waals surface area contributed by atoms with Crippen LogP contribution in [0.15, 0.2) is 66.7 Å². The van der Waals surface area contributed by atoms with Crippen LogP contribution in [-0.4, -0.2) is 38.3 Å². The van der Waals surface area contributed by atoms with Gasteiger partial charge in [-0.1, -0.05) is 18.2 Å². The summed E-state index contributed by atoms with van der Waals surface area (Å²) in [5.74, 6) is -3.30. The minimum Gasteiger partial charge on any atom is -0.478 e. The number of hydrogen-bond donors (Lipinski definition) is 1. The SMILES string of the molecule is N#Cc1ccc(COc2cccc(-c3ccc(Cc4nc5ccc(C(=O)O)cc5n4CC4CCCO4)c(F)c3F)n2)c(F)c1. The molecule has 5 aromatic rings. The Morgan fingerprint density at radius 2 is 1.89 bits per heavy atom. The topological polar surface area (TPSA) is 110 Å². The fourth-order valence-corrected chi connectivity index (χ4v) is 5.26. The first-order valence-electron chi connectivity index (χ1n) is 13.9. The fraction of sp³-hybridized carbons (Fsp3) is 0.212. The maximum Gasteiger partial charge on any atom is 0.335 e. The molecule has 1 aliphatic heterocycles. The fourth-order valence-electron chi connectivity index (χ4n) is 5.26. The number of carbonyl (C=O) groups is 1. The Balaban J connectivity index is 1.26. The van der Waals surface area contributed by atoms with Crippen molar-refractivity contribution in [1.29, 1.82) is 5.26 Å². The second-order valence-electron chi connectivity index (χ2n) is 10.4. The summed E-state index contributed by atoms with van der Waals surface area (Å²) in [5, 5.41) is 18.4. The van der Waals surface area contributed by atoms with Crippen molar-refractivity contribution in [2.24, 2.45) is 0 Å². The average Bonchev–Trinajstić information content (AvgIpc) is 3.66. The Hall–Kier alpha value is -5.21. The smallest absolute Gasteiger partial charge is 0.335 e. The number of aromatic carboxylic acids is 1. The zero-order valence-electron chi connectivity index (χ0n) is 23.3. The van der Waals surface area contributed by atoms with Gasteiger partial charge in [0.05, 0.1) is 46.6 Å². The summed E-state index contributed by atoms with van der Waals surface area (Å²) in [4.78, 5) is 20.5. The Morgan fingerprint density at radius 1 is 1.05 bits per heavy atom. The third-order valence-corrected chi connectivity index (χ3v) is 7.55. The van der Waals surface area contributed by atoms with Gasteiger partial charge in [-0.25, -0.2) is 27.9 Å². The van der Waals surface area contributed by atoms with Crippen molar-refractivity contribution in [1.82, 2.24) is 14.5 Å². The number of carboxylic acids is 1. The van der Waals surface area contributed by atoms with Crippen molar-refractivity contribution < 1.29 is 32.5 Å². The van der Waals surface area contributed by atoms with Crippen LogP contribution in [0.25, 0.3) is 22.3 Å². The minimum atomic E-state index is -1.10. The number of nitriles is 1. The maximum atomic E-state index is 15.5. The lowest BCUT2D eigenvalue weighted by molar-refractivity contribution is 0.0697. The van der Waals surface area contributed by atoms with Gasteiger partial charge in [0.2, 0.25) is 5.88 Å². The number of benzene rings is 3. The highest BCUT2D eigenvalue weighted by molar-refractivity contribution is 5.92. The van der Waals surface area contributed by atoms with Crippen LogP contribution in [0.5, 0.6) is 5.88 Å². The van der Waals surface area contributed by atoms with E-state index in [1.807, 2.05) is 10.6 Å². The molecule has 222 valence electrons. The van der Waals surface area contributed by atoms with Crippen molar-refractivity contribution in [3.63, 3.8) is 0 Å². The van der Waals surface area contributed by atoms with Crippen LogP contribution in [0.1, 0.15) is 45.7 Å². The number of rotatable bonds is 9. The molecule has 2 aromatic heterocycles. The number of halogens is 3. The van der Waals surface area contributed by atoms with Crippen LogP contribution >= 0.6 is 0 Å². The van der Waals surface area contributed by atoms with E-state index in [1.165, 1.54) is 48.5 Å². The van der Waals surface area contributed by atoms with E-state index in [9.17, 15) is 14.3 Å². The number of nitrogens with zero attached hydrogens (tertiary/aromatic N) is 4. The van der Waals surface area contributed by atoms with E-state index in [0.29, 0.717) is 30.0 Å². The van der Waals surface area contributed by atoms with E-state index < -0.39 is 23.4 Å². The van der Waals surface area contributed by atoms with Gasteiger partial charge in [-0.05, 0) is 60.9 Å². The number of fused-ring (bicyclic) bond motifs is 1. The van der Waals surface area contributed by atoms with Gasteiger partial charge in [0, 0.05) is 30.2 Å². The molecule has 0 spiro atoms. The summed E-state index contributed by atoms with van der Waals surface area (Å²) < 4.78 is 58.5. The molecular weight excluding hydrogens is 573 g/mol. The summed E-state index contributed by atoms with van der Waals surface area (Å²) in [7, 11) is 0. The number of pyridine rings is 1. The first kappa shape index (κ1) is 28.9. The molecule has 1 saturated heterocycles. The second-order valence-corrected chi connectivity index (χ2v) is 10.4. The first-order valence-corrected chi connectivity index (χ1v) is 13.9. The standard InChI is InChI=1S/C33H25F3N4O4/c34-25-13-19(16-37)6-7-22(25)18-44-30-5-1-4-26(39-30)24-10-8-20(31(35)32(24)36)15-29-38-27-11-9-21(33(41)42)14-28(27)40(29)17-23-3-2-12-43-23/h1,4-11,13-14,23H,2-3,12,15,17-18H2,(H,41,42). The first-order chi connectivity index (χ1) is 21.3. The average molecular weight is 599 g/mol. The van der Waals surface area contributed by atoms with Gasteiger partial charge in [0.15, 0.2) is 11.6 Å². The Bertz CT molecular complexity index is 1930. The van der Waals surface area contributed by atoms with Crippen LogP contribution in [0, 0.1) is 28.8 Å². The van der Waals surface area contributed by atoms with E-state index in [-0.39, 0.29) is 58.5 Å². The number of imidazole rings is 1. The van der Waals surface area contributed by atoms with Crippen LogP contribution in [-0.2, 0) is 24.3 Å². The van der Waals surface area contributed by atoms with Crippen LogP contribution in [0.2, 0.25) is 0 Å². The van der Waals surface area contributed by atoms with Crippen LogP contribution in [0.4, 0.5) is 13.2 Å². The zero-order chi connectivity index (χ0) is 30.8. The van der Waals surface area contributed by atoms with Gasteiger partial charge in [-0.15, -0.1) is 0 Å². The predicted molar refractivity (Wildman–Crippen MR) is 154 cm³/mol. The zero-order valence-corrected chi connectivity index (χ0v) is 23.3. The number of ether oxygens (including phenoxy) is 2. The maximum absolute atomic E-state index is 15.5. The van der Waals surface area contributed by atoms with Gasteiger partial charge in [0.25, 0.3) is 0 Å². The molecule has 1 N–H and O–H groups in total. The lowest BCUT2D eigenvalue weighted by atomic mass is 10.0. The third-order valence-electron chi connectivity index (χ3n) is 7.55. The third kappa shape index (κ3) is 5.85. The van der Waals surface area contributed by atoms with Crippen LogP contribution < -0.4 is 4.74 Å². The van der Waals surface area contributed by atoms with Gasteiger partial charge in [-0.3, -0.25) is 0 Å². The molecule has 1 aliphatic rings. The molecule has 0 aliphatic carbocycles. The van der Waals surface area contributed by atoms with Crippen molar-refractivity contribution >= 4 is 17.0 Å². The molecule has 11 heteroatoms. The highest BCUT2D eigenvalue weighted by Gasteiger charge is 2.23. The molecule has 3 aromatic carbocycles. The largest absolute Gasteiger partial charge is 0.478 e. The highest BCUT2D eigenvalue weighted by atomic mass is 19.2. The quantitative estimate of drug-likeness (QED) is 0.208. The van der Waals surface area contributed by atoms with Gasteiger partial charge >= 0.3 is 5.97 Å². The van der Waals surface area contributed by atoms with Gasteiger partial charge in [0.1, 0.15) is 18.2 Å². The molecule has 0 bridgehead atoms. The van der Waals surface area contributed by atoms with Gasteiger partial charge < -0.3 is 19.1 Å².